The van der Waals surface area contributed by atoms with Gasteiger partial charge in [0.05, 0.1) is 23.2 Å². The normalized spacial score (nSPS) is 10.7. The minimum Gasteiger partial charge on any atom is -0.493 e. The summed E-state index contributed by atoms with van der Waals surface area (Å²) in [7, 11) is 1.50. The zero-order chi connectivity index (χ0) is 24.7. The minimum absolute atomic E-state index is 0.0504. The second-order valence-electron chi connectivity index (χ2n) is 7.53. The summed E-state index contributed by atoms with van der Waals surface area (Å²) in [5.41, 5.74) is 4.46. The molecule has 0 spiro atoms. The van der Waals surface area contributed by atoms with Gasteiger partial charge in [0.2, 0.25) is 0 Å². The molecule has 0 atom stereocenters. The van der Waals surface area contributed by atoms with Crippen molar-refractivity contribution in [3.05, 3.63) is 92.5 Å². The molecule has 3 aromatic rings. The van der Waals surface area contributed by atoms with Gasteiger partial charge in [0.1, 0.15) is 18.2 Å². The average Bonchev–Trinajstić information content (AvgIpc) is 2.83. The maximum absolute atomic E-state index is 12.7. The van der Waals surface area contributed by atoms with Crippen molar-refractivity contribution in [2.75, 3.05) is 12.4 Å². The van der Waals surface area contributed by atoms with E-state index in [0.717, 1.165) is 16.7 Å². The summed E-state index contributed by atoms with van der Waals surface area (Å²) < 4.78 is 12.0. The Balaban J connectivity index is 1.85. The molecule has 6 nitrogen and oxygen atoms in total. The van der Waals surface area contributed by atoms with E-state index in [1.165, 1.54) is 13.2 Å². The minimum atomic E-state index is -0.502. The highest BCUT2D eigenvalue weighted by Gasteiger charge is 2.15. The maximum Gasteiger partial charge on any atom is 0.266 e. The summed E-state index contributed by atoms with van der Waals surface area (Å²) in [6.45, 7) is 4.05. The van der Waals surface area contributed by atoms with Crippen LogP contribution in [0.15, 0.2) is 64.6 Å². The van der Waals surface area contributed by atoms with Gasteiger partial charge >= 0.3 is 0 Å². The number of anilines is 1. The fraction of sp³-hybridized carbons (Fsp3) is 0.148. The van der Waals surface area contributed by atoms with Gasteiger partial charge in [-0.3, -0.25) is 4.79 Å². The molecule has 0 fully saturated rings. The molecule has 0 saturated heterocycles. The molecular weight excluding hydrogens is 494 g/mol. The van der Waals surface area contributed by atoms with Crippen molar-refractivity contribution >= 4 is 33.6 Å². The van der Waals surface area contributed by atoms with Crippen LogP contribution >= 0.6 is 15.9 Å². The molecule has 7 heteroatoms. The van der Waals surface area contributed by atoms with E-state index in [2.05, 4.69) is 27.3 Å². The number of halogens is 1. The maximum atomic E-state index is 12.7. The largest absolute Gasteiger partial charge is 0.493 e. The number of amides is 1. The second-order valence-corrected chi connectivity index (χ2v) is 8.39. The first-order valence-corrected chi connectivity index (χ1v) is 11.1. The molecule has 34 heavy (non-hydrogen) atoms. The van der Waals surface area contributed by atoms with E-state index in [0.29, 0.717) is 32.8 Å². The predicted molar refractivity (Wildman–Crippen MR) is 134 cm³/mol. The summed E-state index contributed by atoms with van der Waals surface area (Å²) in [6.07, 6.45) is 1.49. The number of aryl methyl sites for hydroxylation is 2. The van der Waals surface area contributed by atoms with E-state index in [9.17, 15) is 15.3 Å². The van der Waals surface area contributed by atoms with Crippen molar-refractivity contribution < 1.29 is 14.3 Å². The Kier molecular flexibility index (Phi) is 8.08. The Morgan fingerprint density at radius 1 is 1.12 bits per heavy atom. The van der Waals surface area contributed by atoms with Gasteiger partial charge in [-0.2, -0.15) is 10.5 Å². The molecule has 0 aliphatic carbocycles. The third-order valence-corrected chi connectivity index (χ3v) is 5.66. The fourth-order valence-electron chi connectivity index (χ4n) is 3.33. The smallest absolute Gasteiger partial charge is 0.266 e. The summed E-state index contributed by atoms with van der Waals surface area (Å²) in [6, 6.07) is 20.4. The number of benzene rings is 3. The van der Waals surface area contributed by atoms with Crippen LogP contribution in [0.25, 0.3) is 6.08 Å². The monoisotopic (exact) mass is 515 g/mol. The van der Waals surface area contributed by atoms with Crippen LogP contribution in [0, 0.1) is 36.5 Å². The molecule has 0 aliphatic heterocycles. The first-order chi connectivity index (χ1) is 16.4. The van der Waals surface area contributed by atoms with Gasteiger partial charge in [-0.05, 0) is 71.2 Å². The van der Waals surface area contributed by atoms with E-state index < -0.39 is 5.91 Å². The van der Waals surface area contributed by atoms with Crippen molar-refractivity contribution in [1.29, 1.82) is 10.5 Å². The third-order valence-electron chi connectivity index (χ3n) is 5.07. The van der Waals surface area contributed by atoms with Gasteiger partial charge in [-0.1, -0.05) is 35.9 Å². The summed E-state index contributed by atoms with van der Waals surface area (Å²) in [4.78, 5) is 12.7. The van der Waals surface area contributed by atoms with Gasteiger partial charge in [0, 0.05) is 11.3 Å². The van der Waals surface area contributed by atoms with E-state index in [1.54, 1.807) is 24.3 Å². The van der Waals surface area contributed by atoms with Crippen LogP contribution in [0.2, 0.25) is 0 Å². The zero-order valence-corrected chi connectivity index (χ0v) is 20.6. The summed E-state index contributed by atoms with van der Waals surface area (Å²) >= 11 is 3.48. The molecule has 0 radical (unpaired) electrons. The highest BCUT2D eigenvalue weighted by molar-refractivity contribution is 9.10. The van der Waals surface area contributed by atoms with Crippen molar-refractivity contribution in [3.8, 4) is 23.6 Å². The molecule has 0 unspecified atom stereocenters. The lowest BCUT2D eigenvalue weighted by Gasteiger charge is -2.14. The zero-order valence-electron chi connectivity index (χ0n) is 19.0. The number of methoxy groups -OCH3 is 1. The molecule has 0 aromatic heterocycles. The lowest BCUT2D eigenvalue weighted by atomic mass is 10.1. The van der Waals surface area contributed by atoms with Crippen LogP contribution in [0.3, 0.4) is 0 Å². The number of hydrogen-bond donors (Lipinski definition) is 1. The molecule has 170 valence electrons. The van der Waals surface area contributed by atoms with E-state index in [4.69, 9.17) is 9.47 Å². The van der Waals surface area contributed by atoms with Crippen LogP contribution in [0.4, 0.5) is 5.69 Å². The van der Waals surface area contributed by atoms with Crippen LogP contribution in [0.5, 0.6) is 11.5 Å². The Labute approximate surface area is 207 Å². The van der Waals surface area contributed by atoms with Crippen molar-refractivity contribution in [2.45, 2.75) is 20.5 Å². The number of nitrogens with one attached hydrogen (secondary N) is 1. The Hall–Kier alpha value is -4.07. The lowest BCUT2D eigenvalue weighted by molar-refractivity contribution is -0.112. The van der Waals surface area contributed by atoms with Crippen molar-refractivity contribution in [1.82, 2.24) is 0 Å². The molecule has 1 amide bonds. The quantitative estimate of drug-likeness (QED) is 0.304. The molecule has 0 bridgehead atoms. The van der Waals surface area contributed by atoms with Crippen LogP contribution in [0.1, 0.15) is 27.8 Å². The molecular formula is C27H22BrN3O3. The standard InChI is InChI=1S/C27H22BrN3O3/c1-17-8-9-24(18(2)10-17)31-27(32)22(15-30)11-19-12-23(28)26(25(13-19)33-3)34-16-21-7-5-4-6-20(21)14-29/h4-13H,16H2,1-3H3,(H,31,32)/b22-11+. The summed E-state index contributed by atoms with van der Waals surface area (Å²) in [5.74, 6) is 0.366. The Morgan fingerprint density at radius 2 is 1.88 bits per heavy atom. The van der Waals surface area contributed by atoms with Gasteiger partial charge in [0.25, 0.3) is 5.91 Å². The SMILES string of the molecule is COc1cc(/C=C(\C#N)C(=O)Nc2ccc(C)cc2C)cc(Br)c1OCc1ccccc1C#N. The van der Waals surface area contributed by atoms with E-state index in [-0.39, 0.29) is 12.2 Å². The Morgan fingerprint density at radius 3 is 2.56 bits per heavy atom. The lowest BCUT2D eigenvalue weighted by Crippen LogP contribution is -2.14. The highest BCUT2D eigenvalue weighted by atomic mass is 79.9. The van der Waals surface area contributed by atoms with Crippen LogP contribution in [-0.2, 0) is 11.4 Å². The number of hydrogen-bond acceptors (Lipinski definition) is 5. The molecule has 3 aromatic carbocycles. The number of ether oxygens (including phenoxy) is 2. The molecule has 1 N–H and O–H groups in total. The van der Waals surface area contributed by atoms with Gasteiger partial charge < -0.3 is 14.8 Å². The molecule has 3 rings (SSSR count). The molecule has 0 aliphatic rings. The average molecular weight is 516 g/mol. The molecule has 0 saturated carbocycles. The molecule has 0 heterocycles. The predicted octanol–water partition coefficient (Wildman–Crippen LogP) is 6.07. The fourth-order valence-corrected chi connectivity index (χ4v) is 3.90. The second kappa shape index (κ2) is 11.2. The van der Waals surface area contributed by atoms with E-state index in [1.807, 2.05) is 50.2 Å². The van der Waals surface area contributed by atoms with Gasteiger partial charge in [-0.15, -0.1) is 0 Å². The van der Waals surface area contributed by atoms with E-state index >= 15 is 0 Å². The number of carbonyl (C=O) groups excluding carboxylic acids is 1. The first kappa shape index (κ1) is 24.6. The highest BCUT2D eigenvalue weighted by Crippen LogP contribution is 2.38. The number of nitrogens with zero attached hydrogens (tertiary/aromatic N) is 2. The number of nitriles is 2. The first-order valence-electron chi connectivity index (χ1n) is 10.3. The van der Waals surface area contributed by atoms with Crippen LogP contribution in [-0.4, -0.2) is 13.0 Å². The topological polar surface area (TPSA) is 95.1 Å². The number of carbonyl (C=O) groups is 1. The van der Waals surface area contributed by atoms with Gasteiger partial charge in [-0.25, -0.2) is 0 Å². The summed E-state index contributed by atoms with van der Waals surface area (Å²) in [5, 5.41) is 21.6. The Bertz CT molecular complexity index is 1350. The number of rotatable bonds is 7. The third kappa shape index (κ3) is 5.83. The van der Waals surface area contributed by atoms with Crippen molar-refractivity contribution in [3.63, 3.8) is 0 Å². The van der Waals surface area contributed by atoms with Crippen molar-refractivity contribution in [2.24, 2.45) is 0 Å². The van der Waals surface area contributed by atoms with Crippen LogP contribution < -0.4 is 14.8 Å². The van der Waals surface area contributed by atoms with Gasteiger partial charge in [0.15, 0.2) is 11.5 Å².